The van der Waals surface area contributed by atoms with E-state index in [4.69, 9.17) is 0 Å². The molecule has 3 rings (SSSR count). The van der Waals surface area contributed by atoms with Gasteiger partial charge in [-0.3, -0.25) is 9.59 Å². The van der Waals surface area contributed by atoms with E-state index < -0.39 is 0 Å². The van der Waals surface area contributed by atoms with Crippen molar-refractivity contribution in [2.45, 2.75) is 45.6 Å². The number of anilines is 2. The maximum absolute atomic E-state index is 12.7. The number of nitrogens with zero attached hydrogens (tertiary/aromatic N) is 3. The molecule has 0 radical (unpaired) electrons. The molecule has 1 N–H and O–H groups in total. The molecule has 1 aliphatic heterocycles. The Bertz CT molecular complexity index is 771. The maximum atomic E-state index is 12.7. The summed E-state index contributed by atoms with van der Waals surface area (Å²) < 4.78 is 0. The van der Waals surface area contributed by atoms with Gasteiger partial charge >= 0.3 is 0 Å². The number of hydrogen-bond donors (Lipinski definition) is 1. The Balaban J connectivity index is 1.67. The topological polar surface area (TPSA) is 75.2 Å². The van der Waals surface area contributed by atoms with Crippen LogP contribution in [0.2, 0.25) is 0 Å². The van der Waals surface area contributed by atoms with E-state index in [1.54, 1.807) is 24.3 Å². The number of rotatable bonds is 5. The smallest absolute Gasteiger partial charge is 0.274 e. The Morgan fingerprint density at radius 1 is 1.12 bits per heavy atom. The van der Waals surface area contributed by atoms with Gasteiger partial charge in [0.15, 0.2) is 17.3 Å². The van der Waals surface area contributed by atoms with Crippen LogP contribution in [0.3, 0.4) is 0 Å². The molecular formula is C20H24N4O2. The second-order valence-corrected chi connectivity index (χ2v) is 6.62. The van der Waals surface area contributed by atoms with Gasteiger partial charge in [-0.25, -0.2) is 0 Å². The first-order valence-electron chi connectivity index (χ1n) is 9.11. The van der Waals surface area contributed by atoms with Crippen molar-refractivity contribution in [2.75, 3.05) is 11.9 Å². The molecule has 1 amide bonds. The zero-order chi connectivity index (χ0) is 18.5. The van der Waals surface area contributed by atoms with Crippen LogP contribution in [0.1, 0.15) is 60.4 Å². The molecule has 2 heterocycles. The molecule has 0 bridgehead atoms. The number of likely N-dealkylation sites (tertiary alicyclic amines) is 1. The van der Waals surface area contributed by atoms with Gasteiger partial charge in [-0.05, 0) is 69.0 Å². The molecular weight excluding hydrogens is 328 g/mol. The van der Waals surface area contributed by atoms with Gasteiger partial charge in [0.1, 0.15) is 0 Å². The SMILES string of the molecule is CCC1CCCCN1C(=O)c1ccc(Nc2ccc(C(C)=O)cc2)nn1. The van der Waals surface area contributed by atoms with Crippen LogP contribution < -0.4 is 5.32 Å². The van der Waals surface area contributed by atoms with Crippen molar-refractivity contribution in [1.29, 1.82) is 0 Å². The van der Waals surface area contributed by atoms with E-state index in [9.17, 15) is 9.59 Å². The lowest BCUT2D eigenvalue weighted by Gasteiger charge is -2.34. The Morgan fingerprint density at radius 2 is 1.88 bits per heavy atom. The lowest BCUT2D eigenvalue weighted by atomic mass is 9.99. The van der Waals surface area contributed by atoms with Gasteiger partial charge in [-0.15, -0.1) is 10.2 Å². The molecule has 6 nitrogen and oxygen atoms in total. The van der Waals surface area contributed by atoms with Gasteiger partial charge in [0, 0.05) is 23.8 Å². The van der Waals surface area contributed by atoms with Crippen molar-refractivity contribution >= 4 is 23.2 Å². The zero-order valence-electron chi connectivity index (χ0n) is 15.2. The molecule has 1 aliphatic rings. The Morgan fingerprint density at radius 3 is 2.50 bits per heavy atom. The number of nitrogens with one attached hydrogen (secondary N) is 1. The Labute approximate surface area is 153 Å². The quantitative estimate of drug-likeness (QED) is 0.828. The standard InChI is InChI=1S/C20H24N4O2/c1-3-17-6-4-5-13-24(17)20(26)18-11-12-19(23-22-18)21-16-9-7-15(8-10-16)14(2)25/h7-12,17H,3-6,13H2,1-2H3,(H,21,23). The summed E-state index contributed by atoms with van der Waals surface area (Å²) in [5.41, 5.74) is 1.85. The largest absolute Gasteiger partial charge is 0.339 e. The second kappa shape index (κ2) is 8.08. The van der Waals surface area contributed by atoms with E-state index in [1.807, 2.05) is 17.0 Å². The van der Waals surface area contributed by atoms with E-state index in [1.165, 1.54) is 13.3 Å². The van der Waals surface area contributed by atoms with Crippen LogP contribution in [-0.4, -0.2) is 39.4 Å². The van der Waals surface area contributed by atoms with Gasteiger partial charge < -0.3 is 10.2 Å². The van der Waals surface area contributed by atoms with E-state index >= 15 is 0 Å². The lowest BCUT2D eigenvalue weighted by molar-refractivity contribution is 0.0600. The first-order valence-corrected chi connectivity index (χ1v) is 9.11. The minimum absolute atomic E-state index is 0.0299. The third-order valence-corrected chi connectivity index (χ3v) is 4.81. The summed E-state index contributed by atoms with van der Waals surface area (Å²) in [4.78, 5) is 26.0. The fourth-order valence-electron chi connectivity index (χ4n) is 3.29. The molecule has 26 heavy (non-hydrogen) atoms. The summed E-state index contributed by atoms with van der Waals surface area (Å²) in [5.74, 6) is 0.548. The number of carbonyl (C=O) groups excluding carboxylic acids is 2. The van der Waals surface area contributed by atoms with E-state index in [-0.39, 0.29) is 11.7 Å². The van der Waals surface area contributed by atoms with Crippen molar-refractivity contribution < 1.29 is 9.59 Å². The summed E-state index contributed by atoms with van der Waals surface area (Å²) >= 11 is 0. The van der Waals surface area contributed by atoms with Crippen LogP contribution in [0, 0.1) is 0 Å². The molecule has 1 aromatic heterocycles. The number of hydrogen-bond acceptors (Lipinski definition) is 5. The summed E-state index contributed by atoms with van der Waals surface area (Å²) in [6, 6.07) is 10.9. The summed E-state index contributed by atoms with van der Waals surface area (Å²) in [6.45, 7) is 4.45. The molecule has 0 spiro atoms. The van der Waals surface area contributed by atoms with E-state index in [0.29, 0.717) is 23.1 Å². The van der Waals surface area contributed by atoms with Crippen molar-refractivity contribution in [3.63, 3.8) is 0 Å². The van der Waals surface area contributed by atoms with Crippen molar-refractivity contribution in [2.24, 2.45) is 0 Å². The lowest BCUT2D eigenvalue weighted by Crippen LogP contribution is -2.43. The Hall–Kier alpha value is -2.76. The van der Waals surface area contributed by atoms with Gasteiger partial charge in [0.25, 0.3) is 5.91 Å². The Kier molecular flexibility index (Phi) is 5.61. The van der Waals surface area contributed by atoms with Gasteiger partial charge in [-0.2, -0.15) is 0 Å². The van der Waals surface area contributed by atoms with Crippen LogP contribution in [-0.2, 0) is 0 Å². The van der Waals surface area contributed by atoms with Crippen LogP contribution in [0.25, 0.3) is 0 Å². The molecule has 1 unspecified atom stereocenters. The molecule has 136 valence electrons. The number of benzene rings is 1. The van der Waals surface area contributed by atoms with Crippen LogP contribution >= 0.6 is 0 Å². The fraction of sp³-hybridized carbons (Fsp3) is 0.400. The molecule has 1 aromatic carbocycles. The highest BCUT2D eigenvalue weighted by Crippen LogP contribution is 2.22. The molecule has 6 heteroatoms. The first-order chi connectivity index (χ1) is 12.6. The summed E-state index contributed by atoms with van der Waals surface area (Å²) in [6.07, 6.45) is 4.26. The van der Waals surface area contributed by atoms with Crippen LogP contribution in [0.4, 0.5) is 11.5 Å². The molecule has 2 aromatic rings. The van der Waals surface area contributed by atoms with Gasteiger partial charge in [0.05, 0.1) is 0 Å². The molecule has 0 saturated carbocycles. The molecule has 0 aliphatic carbocycles. The average Bonchev–Trinajstić information content (AvgIpc) is 2.68. The number of aromatic nitrogens is 2. The monoisotopic (exact) mass is 352 g/mol. The highest BCUT2D eigenvalue weighted by Gasteiger charge is 2.27. The molecule has 1 atom stereocenters. The number of piperidine rings is 1. The van der Waals surface area contributed by atoms with Crippen molar-refractivity contribution in [1.82, 2.24) is 15.1 Å². The zero-order valence-corrected chi connectivity index (χ0v) is 15.2. The predicted octanol–water partition coefficient (Wildman–Crippen LogP) is 3.83. The molecule has 1 fully saturated rings. The maximum Gasteiger partial charge on any atom is 0.274 e. The van der Waals surface area contributed by atoms with Crippen LogP contribution in [0.15, 0.2) is 36.4 Å². The third-order valence-electron chi connectivity index (χ3n) is 4.81. The fourth-order valence-corrected chi connectivity index (χ4v) is 3.29. The summed E-state index contributed by atoms with van der Waals surface area (Å²) in [5, 5.41) is 11.4. The average molecular weight is 352 g/mol. The van der Waals surface area contributed by atoms with Crippen LogP contribution in [0.5, 0.6) is 0 Å². The highest BCUT2D eigenvalue weighted by molar-refractivity contribution is 5.94. The van der Waals surface area contributed by atoms with E-state index in [2.05, 4.69) is 22.4 Å². The number of ketones is 1. The first kappa shape index (κ1) is 18.0. The molecule has 1 saturated heterocycles. The van der Waals surface area contributed by atoms with Gasteiger partial charge in [0.2, 0.25) is 0 Å². The number of carbonyl (C=O) groups is 2. The minimum atomic E-state index is -0.0404. The summed E-state index contributed by atoms with van der Waals surface area (Å²) in [7, 11) is 0. The van der Waals surface area contributed by atoms with Crippen molar-refractivity contribution in [3.8, 4) is 0 Å². The number of amides is 1. The van der Waals surface area contributed by atoms with E-state index in [0.717, 1.165) is 31.5 Å². The number of Topliss-reactive ketones (excluding diaryl/α,β-unsaturated/α-hetero) is 1. The highest BCUT2D eigenvalue weighted by atomic mass is 16.2. The predicted molar refractivity (Wildman–Crippen MR) is 101 cm³/mol. The second-order valence-electron chi connectivity index (χ2n) is 6.62. The van der Waals surface area contributed by atoms with Crippen molar-refractivity contribution in [3.05, 3.63) is 47.7 Å². The normalized spacial score (nSPS) is 17.0. The minimum Gasteiger partial charge on any atom is -0.339 e. The third kappa shape index (κ3) is 4.07. The van der Waals surface area contributed by atoms with Gasteiger partial charge in [-0.1, -0.05) is 6.92 Å².